The van der Waals surface area contributed by atoms with E-state index in [1.54, 1.807) is 0 Å². The fraction of sp³-hybridized carbons (Fsp3) is 0.412. The van der Waals surface area contributed by atoms with E-state index in [1.807, 2.05) is 30.5 Å². The Kier molecular flexibility index (Phi) is 5.38. The average Bonchev–Trinajstić information content (AvgIpc) is 2.99. The maximum absolute atomic E-state index is 12.2. The second kappa shape index (κ2) is 7.68. The molecule has 0 amide bonds. The maximum Gasteiger partial charge on any atom is 0.337 e. The highest BCUT2D eigenvalue weighted by atomic mass is 32.1. The van der Waals surface area contributed by atoms with E-state index in [-0.39, 0.29) is 12.6 Å². The van der Waals surface area contributed by atoms with Crippen molar-refractivity contribution in [2.45, 2.75) is 26.2 Å². The van der Waals surface area contributed by atoms with Crippen molar-refractivity contribution in [3.8, 4) is 0 Å². The summed E-state index contributed by atoms with van der Waals surface area (Å²) in [5.74, 6) is -0.310. The number of benzene rings is 1. The summed E-state index contributed by atoms with van der Waals surface area (Å²) in [6, 6.07) is 10.2. The van der Waals surface area contributed by atoms with E-state index in [4.69, 9.17) is 9.47 Å². The predicted octanol–water partition coefficient (Wildman–Crippen LogP) is 2.40. The van der Waals surface area contributed by atoms with E-state index < -0.39 is 6.10 Å². The predicted molar refractivity (Wildman–Crippen MR) is 88.1 cm³/mol. The second-order valence-electron chi connectivity index (χ2n) is 5.57. The van der Waals surface area contributed by atoms with Gasteiger partial charge >= 0.3 is 5.97 Å². The van der Waals surface area contributed by atoms with Crippen LogP contribution in [0.25, 0.3) is 0 Å². The van der Waals surface area contributed by atoms with Crippen LogP contribution in [0.5, 0.6) is 0 Å². The number of nitrogens with zero attached hydrogens (tertiary/aromatic N) is 2. The molecule has 1 aliphatic heterocycles. The number of carbonyl (C=O) groups is 1. The Hall–Kier alpha value is -1.76. The number of aromatic nitrogens is 1. The molecule has 0 radical (unpaired) electrons. The summed E-state index contributed by atoms with van der Waals surface area (Å²) in [4.78, 5) is 18.7. The van der Waals surface area contributed by atoms with Gasteiger partial charge in [-0.15, -0.1) is 11.3 Å². The highest BCUT2D eigenvalue weighted by Gasteiger charge is 2.28. The van der Waals surface area contributed by atoms with Crippen molar-refractivity contribution in [3.63, 3.8) is 0 Å². The molecule has 2 heterocycles. The van der Waals surface area contributed by atoms with E-state index in [9.17, 15) is 4.79 Å². The number of morpholine rings is 1. The van der Waals surface area contributed by atoms with Crippen LogP contribution >= 0.6 is 11.3 Å². The van der Waals surface area contributed by atoms with Crippen LogP contribution in [0.15, 0.2) is 35.7 Å². The number of ether oxygens (including phenoxy) is 2. The van der Waals surface area contributed by atoms with Gasteiger partial charge < -0.3 is 9.47 Å². The largest absolute Gasteiger partial charge is 0.456 e. The third-order valence-electron chi connectivity index (χ3n) is 3.67. The first-order chi connectivity index (χ1) is 11.2. The summed E-state index contributed by atoms with van der Waals surface area (Å²) < 4.78 is 10.9. The van der Waals surface area contributed by atoms with Gasteiger partial charge in [0, 0.05) is 30.7 Å². The van der Waals surface area contributed by atoms with Gasteiger partial charge in [-0.3, -0.25) is 4.90 Å². The summed E-state index contributed by atoms with van der Waals surface area (Å²) in [5, 5.41) is 2.76. The van der Waals surface area contributed by atoms with Crippen LogP contribution in [0.1, 0.15) is 16.3 Å². The molecule has 1 fully saturated rings. The molecule has 1 aromatic heterocycles. The van der Waals surface area contributed by atoms with Gasteiger partial charge in [-0.25, -0.2) is 9.78 Å². The molecule has 122 valence electrons. The summed E-state index contributed by atoms with van der Waals surface area (Å²) in [7, 11) is 0. The zero-order chi connectivity index (χ0) is 16.1. The van der Waals surface area contributed by atoms with Crippen LogP contribution < -0.4 is 0 Å². The molecule has 1 atom stereocenters. The molecule has 6 heteroatoms. The van der Waals surface area contributed by atoms with E-state index in [1.165, 1.54) is 16.9 Å². The van der Waals surface area contributed by atoms with Crippen molar-refractivity contribution >= 4 is 17.3 Å². The normalized spacial score (nSPS) is 18.7. The van der Waals surface area contributed by atoms with Crippen LogP contribution in [0.4, 0.5) is 0 Å². The van der Waals surface area contributed by atoms with Gasteiger partial charge in [0.25, 0.3) is 0 Å². The fourth-order valence-corrected chi connectivity index (χ4v) is 3.21. The summed E-state index contributed by atoms with van der Waals surface area (Å²) in [6.45, 7) is 4.89. The molecule has 0 aliphatic carbocycles. The first-order valence-electron chi connectivity index (χ1n) is 7.66. The lowest BCUT2D eigenvalue weighted by Crippen LogP contribution is -2.46. The lowest BCUT2D eigenvalue weighted by Gasteiger charge is -2.31. The fourth-order valence-electron chi connectivity index (χ4n) is 2.53. The molecular weight excluding hydrogens is 312 g/mol. The Balaban J connectivity index is 1.50. The van der Waals surface area contributed by atoms with Gasteiger partial charge in [-0.2, -0.15) is 0 Å². The molecule has 0 bridgehead atoms. The Morgan fingerprint density at radius 3 is 3.00 bits per heavy atom. The number of thiazole rings is 1. The minimum absolute atomic E-state index is 0.218. The number of esters is 1. The number of hydrogen-bond acceptors (Lipinski definition) is 6. The molecule has 23 heavy (non-hydrogen) atoms. The van der Waals surface area contributed by atoms with Crippen LogP contribution in [-0.4, -0.2) is 41.7 Å². The minimum atomic E-state index is -0.520. The number of carbonyl (C=O) groups excluding carboxylic acids is 1. The maximum atomic E-state index is 12.2. The summed E-state index contributed by atoms with van der Waals surface area (Å²) in [5.41, 5.74) is 2.18. The van der Waals surface area contributed by atoms with Crippen LogP contribution in [0.3, 0.4) is 0 Å². The van der Waals surface area contributed by atoms with Crippen LogP contribution in [0.2, 0.25) is 0 Å². The van der Waals surface area contributed by atoms with E-state index in [0.717, 1.165) is 23.8 Å². The Morgan fingerprint density at radius 2 is 2.26 bits per heavy atom. The van der Waals surface area contributed by atoms with Crippen molar-refractivity contribution in [2.24, 2.45) is 0 Å². The minimum Gasteiger partial charge on any atom is -0.456 e. The molecule has 1 saturated heterocycles. The van der Waals surface area contributed by atoms with Crippen molar-refractivity contribution < 1.29 is 14.3 Å². The Labute approximate surface area is 139 Å². The van der Waals surface area contributed by atoms with Gasteiger partial charge in [-0.1, -0.05) is 30.3 Å². The lowest BCUT2D eigenvalue weighted by atomic mass is 10.2. The molecule has 2 aromatic rings. The Bertz CT molecular complexity index is 644. The molecule has 0 unspecified atom stereocenters. The molecule has 5 nitrogen and oxygen atoms in total. The van der Waals surface area contributed by atoms with Gasteiger partial charge in [0.05, 0.1) is 6.61 Å². The third-order valence-corrected chi connectivity index (χ3v) is 4.61. The summed E-state index contributed by atoms with van der Waals surface area (Å²) >= 11 is 1.50. The third kappa shape index (κ3) is 4.60. The molecule has 1 aliphatic rings. The highest BCUT2D eigenvalue weighted by molar-refractivity contribution is 7.09. The molecule has 3 rings (SSSR count). The molecule has 1 aromatic carbocycles. The quantitative estimate of drug-likeness (QED) is 0.787. The van der Waals surface area contributed by atoms with Crippen molar-refractivity contribution in [2.75, 3.05) is 19.7 Å². The summed E-state index contributed by atoms with van der Waals surface area (Å²) in [6.07, 6.45) is -0.520. The molecule has 0 spiro atoms. The van der Waals surface area contributed by atoms with E-state index in [2.05, 4.69) is 22.0 Å². The first kappa shape index (κ1) is 16.1. The van der Waals surface area contributed by atoms with Crippen LogP contribution in [-0.2, 0) is 27.4 Å². The van der Waals surface area contributed by atoms with E-state index >= 15 is 0 Å². The monoisotopic (exact) mass is 332 g/mol. The SMILES string of the molecule is Cc1csc(COC(=O)[C@@H]2CN(Cc3ccccc3)CCO2)n1. The first-order valence-corrected chi connectivity index (χ1v) is 8.54. The average molecular weight is 332 g/mol. The zero-order valence-corrected chi connectivity index (χ0v) is 13.9. The number of rotatable bonds is 5. The topological polar surface area (TPSA) is 51.7 Å². The smallest absolute Gasteiger partial charge is 0.337 e. The van der Waals surface area contributed by atoms with Crippen molar-refractivity contribution in [3.05, 3.63) is 52.0 Å². The molecule has 0 N–H and O–H groups in total. The number of aryl methyl sites for hydroxylation is 1. The lowest BCUT2D eigenvalue weighted by molar-refractivity contribution is -0.164. The zero-order valence-electron chi connectivity index (χ0n) is 13.1. The Morgan fingerprint density at radius 1 is 1.43 bits per heavy atom. The van der Waals surface area contributed by atoms with Gasteiger partial charge in [0.1, 0.15) is 11.6 Å². The van der Waals surface area contributed by atoms with Crippen molar-refractivity contribution in [1.82, 2.24) is 9.88 Å². The van der Waals surface area contributed by atoms with Gasteiger partial charge in [0.15, 0.2) is 6.10 Å². The van der Waals surface area contributed by atoms with Gasteiger partial charge in [0.2, 0.25) is 0 Å². The van der Waals surface area contributed by atoms with E-state index in [0.29, 0.717) is 13.2 Å². The number of hydrogen-bond donors (Lipinski definition) is 0. The highest BCUT2D eigenvalue weighted by Crippen LogP contribution is 2.14. The second-order valence-corrected chi connectivity index (χ2v) is 6.51. The van der Waals surface area contributed by atoms with Gasteiger partial charge in [-0.05, 0) is 12.5 Å². The molecule has 0 saturated carbocycles. The van der Waals surface area contributed by atoms with Crippen LogP contribution in [0, 0.1) is 6.92 Å². The standard InChI is InChI=1S/C17H20N2O3S/c1-13-12-23-16(18-13)11-22-17(20)15-10-19(7-8-21-15)9-14-5-3-2-4-6-14/h2-6,12,15H,7-11H2,1H3/t15-/m0/s1. The van der Waals surface area contributed by atoms with Crippen molar-refractivity contribution in [1.29, 1.82) is 0 Å². The molecular formula is C17H20N2O3S.